The van der Waals surface area contributed by atoms with E-state index in [0.29, 0.717) is 23.0 Å². The molecule has 1 amide bonds. The van der Waals surface area contributed by atoms with Gasteiger partial charge in [0.1, 0.15) is 0 Å². The molecule has 0 unspecified atom stereocenters. The van der Waals surface area contributed by atoms with Crippen molar-refractivity contribution in [3.05, 3.63) is 93.5 Å². The van der Waals surface area contributed by atoms with Crippen molar-refractivity contribution in [3.8, 4) is 0 Å². The van der Waals surface area contributed by atoms with Gasteiger partial charge in [-0.1, -0.05) is 54.1 Å². The Kier molecular flexibility index (Phi) is 6.81. The molecule has 2 N–H and O–H groups in total. The Labute approximate surface area is 208 Å². The predicted molar refractivity (Wildman–Crippen MR) is 139 cm³/mol. The minimum Gasteiger partial charge on any atom is -0.392 e. The fraction of sp³-hybridized carbons (Fsp3) is 0.259. The zero-order chi connectivity index (χ0) is 23.5. The predicted octanol–water partition coefficient (Wildman–Crippen LogP) is 6.07. The first-order valence-electron chi connectivity index (χ1n) is 11.5. The van der Waals surface area contributed by atoms with Crippen LogP contribution in [0.5, 0.6) is 0 Å². The van der Waals surface area contributed by atoms with Crippen molar-refractivity contribution in [3.63, 3.8) is 0 Å². The lowest BCUT2D eigenvalue weighted by atomic mass is 9.89. The van der Waals surface area contributed by atoms with E-state index in [4.69, 9.17) is 11.6 Å². The van der Waals surface area contributed by atoms with Gasteiger partial charge in [-0.05, 0) is 47.4 Å². The van der Waals surface area contributed by atoms with Crippen molar-refractivity contribution in [2.24, 2.45) is 0 Å². The molecule has 0 saturated carbocycles. The average Bonchev–Trinajstić information content (AvgIpc) is 3.31. The molecule has 34 heavy (non-hydrogen) atoms. The highest BCUT2D eigenvalue weighted by Gasteiger charge is 2.27. The normalized spacial score (nSPS) is 14.5. The van der Waals surface area contributed by atoms with E-state index in [2.05, 4.69) is 34.6 Å². The van der Waals surface area contributed by atoms with Gasteiger partial charge in [-0.15, -0.1) is 11.3 Å². The monoisotopic (exact) mass is 491 g/mol. The number of aliphatic hydroxyl groups is 1. The Morgan fingerprint density at radius 1 is 1.15 bits per heavy atom. The molecule has 7 heteroatoms. The van der Waals surface area contributed by atoms with E-state index in [1.807, 2.05) is 40.6 Å². The summed E-state index contributed by atoms with van der Waals surface area (Å²) in [5.74, 6) is 0.476. The van der Waals surface area contributed by atoms with Gasteiger partial charge in [0.25, 0.3) is 5.91 Å². The van der Waals surface area contributed by atoms with E-state index in [1.165, 1.54) is 16.9 Å². The Morgan fingerprint density at radius 3 is 2.68 bits per heavy atom. The maximum Gasteiger partial charge on any atom is 0.257 e. The highest BCUT2D eigenvalue weighted by Crippen LogP contribution is 2.36. The van der Waals surface area contributed by atoms with Crippen molar-refractivity contribution < 1.29 is 9.90 Å². The molecule has 1 fully saturated rings. The number of benzene rings is 2. The number of likely N-dealkylation sites (tertiary alicyclic amines) is 1. The van der Waals surface area contributed by atoms with Crippen LogP contribution in [0.3, 0.4) is 0 Å². The third-order valence-electron chi connectivity index (χ3n) is 6.47. The van der Waals surface area contributed by atoms with Crippen molar-refractivity contribution in [1.29, 1.82) is 0 Å². The molecule has 5 nitrogen and oxygen atoms in total. The smallest absolute Gasteiger partial charge is 0.257 e. The second-order valence-corrected chi connectivity index (χ2v) is 9.92. The van der Waals surface area contributed by atoms with Crippen molar-refractivity contribution in [1.82, 2.24) is 9.88 Å². The third kappa shape index (κ3) is 4.67. The Morgan fingerprint density at radius 2 is 1.94 bits per heavy atom. The summed E-state index contributed by atoms with van der Waals surface area (Å²) in [6, 6.07) is 18.2. The summed E-state index contributed by atoms with van der Waals surface area (Å²) in [5, 5.41) is 15.8. The molecule has 1 aliphatic heterocycles. The summed E-state index contributed by atoms with van der Waals surface area (Å²) < 4.78 is 0.885. The van der Waals surface area contributed by atoms with Crippen LogP contribution in [0.25, 0.3) is 10.2 Å². The number of hydrogen-bond acceptors (Lipinski definition) is 5. The van der Waals surface area contributed by atoms with Gasteiger partial charge in [-0.25, -0.2) is 0 Å². The summed E-state index contributed by atoms with van der Waals surface area (Å²) in [7, 11) is 0. The number of pyridine rings is 1. The van der Waals surface area contributed by atoms with Gasteiger partial charge >= 0.3 is 0 Å². The molecule has 2 aromatic carbocycles. The fourth-order valence-corrected chi connectivity index (χ4v) is 5.88. The molecule has 0 atom stereocenters. The fourth-order valence-electron chi connectivity index (χ4n) is 4.62. The summed E-state index contributed by atoms with van der Waals surface area (Å²) in [6.07, 6.45) is 3.55. The summed E-state index contributed by atoms with van der Waals surface area (Å²) >= 11 is 7.66. The lowest BCUT2D eigenvalue weighted by Crippen LogP contribution is -2.38. The molecule has 1 saturated heterocycles. The quantitative estimate of drug-likeness (QED) is 0.343. The van der Waals surface area contributed by atoms with E-state index in [9.17, 15) is 9.90 Å². The van der Waals surface area contributed by atoms with E-state index in [1.54, 1.807) is 6.20 Å². The number of rotatable bonds is 6. The molecule has 2 aromatic heterocycles. The van der Waals surface area contributed by atoms with Crippen LogP contribution in [-0.2, 0) is 13.2 Å². The number of piperidine rings is 1. The molecule has 0 spiro atoms. The maximum absolute atomic E-state index is 13.6. The first kappa shape index (κ1) is 22.8. The van der Waals surface area contributed by atoms with Gasteiger partial charge in [0, 0.05) is 36.4 Å². The van der Waals surface area contributed by atoms with Gasteiger partial charge < -0.3 is 15.3 Å². The van der Waals surface area contributed by atoms with E-state index in [0.717, 1.165) is 53.0 Å². The highest BCUT2D eigenvalue weighted by molar-refractivity contribution is 7.18. The molecule has 3 heterocycles. The van der Waals surface area contributed by atoms with Crippen LogP contribution in [0.1, 0.15) is 45.8 Å². The van der Waals surface area contributed by atoms with Crippen LogP contribution in [0.15, 0.2) is 66.2 Å². The second kappa shape index (κ2) is 10.1. The van der Waals surface area contributed by atoms with Gasteiger partial charge in [-0.2, -0.15) is 0 Å². The molecular formula is C27H26ClN3O2S. The topological polar surface area (TPSA) is 65.5 Å². The number of nitrogens with zero attached hydrogens (tertiary/aromatic N) is 2. The lowest BCUT2D eigenvalue weighted by molar-refractivity contribution is 0.0713. The molecule has 5 rings (SSSR count). The summed E-state index contributed by atoms with van der Waals surface area (Å²) in [5.41, 5.74) is 5.22. The van der Waals surface area contributed by atoms with Gasteiger partial charge in [0.15, 0.2) is 0 Å². The molecule has 4 aromatic rings. The minimum atomic E-state index is -0.0823. The van der Waals surface area contributed by atoms with E-state index in [-0.39, 0.29) is 12.5 Å². The number of aromatic nitrogens is 1. The average molecular weight is 492 g/mol. The number of anilines is 1. The van der Waals surface area contributed by atoms with Gasteiger partial charge in [-0.3, -0.25) is 9.78 Å². The second-order valence-electron chi connectivity index (χ2n) is 8.60. The lowest BCUT2D eigenvalue weighted by Gasteiger charge is -2.32. The van der Waals surface area contributed by atoms with Gasteiger partial charge in [0.05, 0.1) is 28.1 Å². The molecule has 0 bridgehead atoms. The molecule has 174 valence electrons. The van der Waals surface area contributed by atoms with Gasteiger partial charge in [0.2, 0.25) is 0 Å². The van der Waals surface area contributed by atoms with Crippen LogP contribution in [0.2, 0.25) is 5.02 Å². The number of aliphatic hydroxyl groups excluding tert-OH is 1. The SMILES string of the molecule is O=C(c1cnc2c(CO)csc2c1NCc1cccc(Cl)c1)N1CCC(c2ccccc2)CC1. The van der Waals surface area contributed by atoms with E-state index < -0.39 is 0 Å². The van der Waals surface area contributed by atoms with Crippen LogP contribution >= 0.6 is 22.9 Å². The standard InChI is InChI=1S/C27H26ClN3O2S/c28-22-8-4-5-18(13-22)14-29-25-23(15-30-24-21(16-32)17-34-26(24)25)27(33)31-11-9-20(10-12-31)19-6-2-1-3-7-19/h1-8,13,15,17,20,32H,9-12,14,16H2,(H,29,30). The van der Waals surface area contributed by atoms with Crippen molar-refractivity contribution >= 4 is 44.7 Å². The molecule has 0 radical (unpaired) electrons. The highest BCUT2D eigenvalue weighted by atomic mass is 35.5. The van der Waals surface area contributed by atoms with Crippen molar-refractivity contribution in [2.75, 3.05) is 18.4 Å². The Balaban J connectivity index is 1.40. The van der Waals surface area contributed by atoms with Crippen molar-refractivity contribution in [2.45, 2.75) is 31.9 Å². The molecule has 1 aliphatic rings. The zero-order valence-electron chi connectivity index (χ0n) is 18.7. The number of carbonyl (C=O) groups excluding carboxylic acids is 1. The Hall–Kier alpha value is -2.93. The van der Waals surface area contributed by atoms with Crippen LogP contribution in [0.4, 0.5) is 5.69 Å². The van der Waals surface area contributed by atoms with Crippen LogP contribution < -0.4 is 5.32 Å². The number of halogens is 1. The van der Waals surface area contributed by atoms with Crippen LogP contribution in [-0.4, -0.2) is 34.0 Å². The number of hydrogen-bond donors (Lipinski definition) is 2. The number of fused-ring (bicyclic) bond motifs is 1. The number of amides is 1. The molecular weight excluding hydrogens is 466 g/mol. The minimum absolute atomic E-state index is 0.00606. The Bertz CT molecular complexity index is 1300. The summed E-state index contributed by atoms with van der Waals surface area (Å²) in [4.78, 5) is 20.1. The van der Waals surface area contributed by atoms with E-state index >= 15 is 0 Å². The third-order valence-corrected chi connectivity index (χ3v) is 7.74. The first-order chi connectivity index (χ1) is 16.6. The largest absolute Gasteiger partial charge is 0.392 e. The number of thiophene rings is 1. The van der Waals surface area contributed by atoms with Crippen LogP contribution in [0, 0.1) is 0 Å². The number of carbonyl (C=O) groups is 1. The molecule has 0 aliphatic carbocycles. The number of nitrogens with one attached hydrogen (secondary N) is 1. The first-order valence-corrected chi connectivity index (χ1v) is 12.7. The zero-order valence-corrected chi connectivity index (χ0v) is 20.3. The summed E-state index contributed by atoms with van der Waals surface area (Å²) in [6.45, 7) is 1.89. The maximum atomic E-state index is 13.6.